The van der Waals surface area contributed by atoms with Gasteiger partial charge >= 0.3 is 0 Å². The molecule has 4 heteroatoms. The topological polar surface area (TPSA) is 45.6 Å². The van der Waals surface area contributed by atoms with Crippen molar-refractivity contribution >= 4 is 11.6 Å². The molecule has 32 heavy (non-hydrogen) atoms. The van der Waals surface area contributed by atoms with E-state index in [4.69, 9.17) is 5.10 Å². The summed E-state index contributed by atoms with van der Waals surface area (Å²) in [5.74, 6) is 0. The Morgan fingerprint density at radius 2 is 1.81 bits per heavy atom. The van der Waals surface area contributed by atoms with Gasteiger partial charge in [-0.1, -0.05) is 58.5 Å². The number of aryl methyl sites for hydroxylation is 2. The minimum Gasteiger partial charge on any atom is -0.361 e. The molecule has 0 unspecified atom stereocenters. The highest BCUT2D eigenvalue weighted by atomic mass is 15.3. The van der Waals surface area contributed by atoms with Crippen LogP contribution in [0.2, 0.25) is 0 Å². The molecule has 0 aliphatic carbocycles. The summed E-state index contributed by atoms with van der Waals surface area (Å²) in [5, 5.41) is 8.88. The van der Waals surface area contributed by atoms with E-state index in [1.54, 1.807) is 0 Å². The van der Waals surface area contributed by atoms with Gasteiger partial charge < -0.3 is 10.3 Å². The molecule has 1 aromatic carbocycles. The summed E-state index contributed by atoms with van der Waals surface area (Å²) < 4.78 is 2.22. The van der Waals surface area contributed by atoms with Crippen LogP contribution in [0, 0.1) is 0 Å². The third kappa shape index (κ3) is 3.88. The lowest BCUT2D eigenvalue weighted by molar-refractivity contribution is 0.425. The molecule has 0 atom stereocenters. The second-order valence-corrected chi connectivity index (χ2v) is 8.41. The number of rotatable bonds is 6. The third-order valence-corrected chi connectivity index (χ3v) is 6.28. The average molecular weight is 431 g/mol. The summed E-state index contributed by atoms with van der Waals surface area (Å²) in [4.78, 5) is 3.32. The summed E-state index contributed by atoms with van der Waals surface area (Å²) in [5.41, 5.74) is 10.7. The van der Waals surface area contributed by atoms with Crippen LogP contribution in [0.5, 0.6) is 0 Å². The Labute approximate surface area is 193 Å². The number of aromatic amines is 1. The van der Waals surface area contributed by atoms with E-state index in [1.165, 1.54) is 33.6 Å². The lowest BCUT2D eigenvalue weighted by Gasteiger charge is -2.20. The number of H-pyrrole nitrogens is 1. The monoisotopic (exact) mass is 430 g/mol. The Bertz CT molecular complexity index is 1100. The lowest BCUT2D eigenvalue weighted by atomic mass is 9.95. The molecule has 0 bridgehead atoms. The van der Waals surface area contributed by atoms with E-state index in [0.717, 1.165) is 36.3 Å². The molecule has 0 saturated heterocycles. The molecule has 0 spiro atoms. The first-order valence-electron chi connectivity index (χ1n) is 11.9. The highest BCUT2D eigenvalue weighted by Crippen LogP contribution is 2.40. The van der Waals surface area contributed by atoms with E-state index in [1.807, 2.05) is 26.1 Å². The maximum Gasteiger partial charge on any atom is 0.0875 e. The number of nitrogens with zero attached hydrogens (tertiary/aromatic N) is 2. The maximum absolute atomic E-state index is 5.24. The van der Waals surface area contributed by atoms with E-state index in [0.29, 0.717) is 0 Å². The standard InChI is InChI=1S/C26H32N4.C2H6/c1-7-17-12-11-13-18(8-2)23(17)30-24(21-16-28-26(5,6)25(21)29-30)19(9-3)20-14-15-27-22(20)10-4;1-2/h9-15,27-28H,4,7-8,16H2,1-3,5-6H3;1-2H3/b19-9+;. The van der Waals surface area contributed by atoms with Gasteiger partial charge in [-0.15, -0.1) is 0 Å². The summed E-state index contributed by atoms with van der Waals surface area (Å²) in [6.45, 7) is 19.8. The molecule has 2 aromatic heterocycles. The van der Waals surface area contributed by atoms with Crippen LogP contribution in [0.15, 0.2) is 43.1 Å². The Hall–Kier alpha value is -2.85. The molecule has 3 aromatic rings. The molecular formula is C28H38N4. The van der Waals surface area contributed by atoms with Gasteiger partial charge in [-0.2, -0.15) is 5.10 Å². The molecule has 170 valence electrons. The predicted molar refractivity (Wildman–Crippen MR) is 137 cm³/mol. The number of hydrogen-bond donors (Lipinski definition) is 2. The number of nitrogens with one attached hydrogen (secondary N) is 2. The van der Waals surface area contributed by atoms with Gasteiger partial charge in [0.05, 0.1) is 22.6 Å². The zero-order valence-electron chi connectivity index (χ0n) is 20.8. The molecular weight excluding hydrogens is 392 g/mol. The van der Waals surface area contributed by atoms with Gasteiger partial charge in [0.15, 0.2) is 0 Å². The van der Waals surface area contributed by atoms with Gasteiger partial charge in [0.25, 0.3) is 0 Å². The van der Waals surface area contributed by atoms with Crippen molar-refractivity contribution in [3.63, 3.8) is 0 Å². The van der Waals surface area contributed by atoms with E-state index >= 15 is 0 Å². The van der Waals surface area contributed by atoms with Crippen molar-refractivity contribution in [2.45, 2.75) is 73.4 Å². The van der Waals surface area contributed by atoms with Gasteiger partial charge in [-0.25, -0.2) is 4.68 Å². The predicted octanol–water partition coefficient (Wildman–Crippen LogP) is 6.78. The second-order valence-electron chi connectivity index (χ2n) is 8.41. The Morgan fingerprint density at radius 1 is 1.16 bits per heavy atom. The third-order valence-electron chi connectivity index (χ3n) is 6.28. The number of allylic oxidation sites excluding steroid dienone is 1. The van der Waals surface area contributed by atoms with E-state index in [9.17, 15) is 0 Å². The number of para-hydroxylation sites is 1. The molecule has 3 heterocycles. The van der Waals surface area contributed by atoms with Crippen molar-refractivity contribution in [2.75, 3.05) is 0 Å². The second kappa shape index (κ2) is 9.74. The molecule has 0 radical (unpaired) electrons. The Kier molecular flexibility index (Phi) is 7.25. The van der Waals surface area contributed by atoms with Gasteiger partial charge in [0.2, 0.25) is 0 Å². The molecule has 1 aliphatic heterocycles. The molecule has 4 rings (SSSR count). The number of hydrogen-bond acceptors (Lipinski definition) is 2. The average Bonchev–Trinajstić information content (AvgIpc) is 3.51. The van der Waals surface area contributed by atoms with Crippen LogP contribution in [-0.4, -0.2) is 14.8 Å². The van der Waals surface area contributed by atoms with Crippen LogP contribution in [0.25, 0.3) is 17.3 Å². The van der Waals surface area contributed by atoms with E-state index < -0.39 is 0 Å². The van der Waals surface area contributed by atoms with Crippen molar-refractivity contribution < 1.29 is 0 Å². The highest BCUT2D eigenvalue weighted by molar-refractivity contribution is 5.85. The molecule has 0 saturated carbocycles. The van der Waals surface area contributed by atoms with Crippen LogP contribution < -0.4 is 5.32 Å². The molecule has 1 aliphatic rings. The summed E-state index contributed by atoms with van der Waals surface area (Å²) >= 11 is 0. The van der Waals surface area contributed by atoms with Crippen molar-refractivity contribution in [3.8, 4) is 5.69 Å². The fraction of sp³-hybridized carbons (Fsp3) is 0.393. The van der Waals surface area contributed by atoms with Crippen LogP contribution in [0.3, 0.4) is 0 Å². The summed E-state index contributed by atoms with van der Waals surface area (Å²) in [7, 11) is 0. The van der Waals surface area contributed by atoms with Crippen LogP contribution in [-0.2, 0) is 24.9 Å². The molecule has 0 amide bonds. The summed E-state index contributed by atoms with van der Waals surface area (Å²) in [6.07, 6.45) is 8.02. The molecule has 4 nitrogen and oxygen atoms in total. The first-order chi connectivity index (χ1) is 15.5. The SMILES string of the molecule is C=Cc1[nH]ccc1/C(=C\C)c1c2c(nn1-c1c(CC)cccc1CC)C(C)(C)NC2.CC. The number of aromatic nitrogens is 3. The summed E-state index contributed by atoms with van der Waals surface area (Å²) in [6, 6.07) is 8.77. The smallest absolute Gasteiger partial charge is 0.0875 e. The maximum atomic E-state index is 5.24. The zero-order valence-corrected chi connectivity index (χ0v) is 20.8. The van der Waals surface area contributed by atoms with E-state index in [2.05, 4.69) is 86.5 Å². The van der Waals surface area contributed by atoms with Gasteiger partial charge in [-0.05, 0) is 56.9 Å². The van der Waals surface area contributed by atoms with Crippen molar-refractivity contribution in [1.82, 2.24) is 20.1 Å². The highest BCUT2D eigenvalue weighted by Gasteiger charge is 2.37. The zero-order chi connectivity index (χ0) is 23.5. The first-order valence-corrected chi connectivity index (χ1v) is 11.9. The Morgan fingerprint density at radius 3 is 2.38 bits per heavy atom. The van der Waals surface area contributed by atoms with Crippen LogP contribution in [0.1, 0.15) is 87.8 Å². The number of fused-ring (bicyclic) bond motifs is 1. The fourth-order valence-electron chi connectivity index (χ4n) is 4.64. The largest absolute Gasteiger partial charge is 0.361 e. The van der Waals surface area contributed by atoms with E-state index in [-0.39, 0.29) is 5.54 Å². The van der Waals surface area contributed by atoms with Gasteiger partial charge in [-0.3, -0.25) is 0 Å². The molecule has 0 fully saturated rings. The van der Waals surface area contributed by atoms with Crippen molar-refractivity contribution in [1.29, 1.82) is 0 Å². The minimum atomic E-state index is -0.152. The fourth-order valence-corrected chi connectivity index (χ4v) is 4.64. The van der Waals surface area contributed by atoms with Crippen molar-refractivity contribution in [3.05, 3.63) is 82.5 Å². The van der Waals surface area contributed by atoms with Crippen LogP contribution in [0.4, 0.5) is 0 Å². The van der Waals surface area contributed by atoms with Gasteiger partial charge in [0, 0.05) is 35.1 Å². The minimum absolute atomic E-state index is 0.152. The number of benzene rings is 1. The van der Waals surface area contributed by atoms with Gasteiger partial charge in [0.1, 0.15) is 0 Å². The van der Waals surface area contributed by atoms with Crippen molar-refractivity contribution in [2.24, 2.45) is 0 Å². The molecule has 2 N–H and O–H groups in total. The quantitative estimate of drug-likeness (QED) is 0.452. The first kappa shape index (κ1) is 23.8. The normalized spacial score (nSPS) is 14.7. The lowest BCUT2D eigenvalue weighted by Crippen LogP contribution is -2.30. The Balaban J connectivity index is 0.00000141. The van der Waals surface area contributed by atoms with Crippen LogP contribution >= 0.6 is 0 Å².